The molecule has 0 spiro atoms. The summed E-state index contributed by atoms with van der Waals surface area (Å²) in [4.78, 5) is 17.8. The van der Waals surface area contributed by atoms with Gasteiger partial charge in [0.2, 0.25) is 0 Å². The molecule has 1 aromatic carbocycles. The van der Waals surface area contributed by atoms with Gasteiger partial charge in [-0.1, -0.05) is 25.0 Å². The van der Waals surface area contributed by atoms with Gasteiger partial charge in [-0.25, -0.2) is 4.98 Å². The van der Waals surface area contributed by atoms with Crippen LogP contribution >= 0.6 is 11.3 Å². The Hall–Kier alpha value is -2.60. The van der Waals surface area contributed by atoms with Gasteiger partial charge in [0.25, 0.3) is 5.91 Å². The van der Waals surface area contributed by atoms with E-state index in [9.17, 15) is 4.79 Å². The van der Waals surface area contributed by atoms with Gasteiger partial charge in [0.05, 0.1) is 27.8 Å². The SMILES string of the molecule is CCn1c(CNC(=O)c2cc3sccc3n2C2CCCC2)nc2ccccc21. The summed E-state index contributed by atoms with van der Waals surface area (Å²) in [6.07, 6.45) is 4.81. The fraction of sp³-hybridized carbons (Fsp3) is 0.364. The first-order valence-electron chi connectivity index (χ1n) is 10.1. The Kier molecular flexibility index (Phi) is 4.43. The van der Waals surface area contributed by atoms with Crippen LogP contribution in [-0.4, -0.2) is 20.0 Å². The van der Waals surface area contributed by atoms with E-state index in [1.54, 1.807) is 11.3 Å². The van der Waals surface area contributed by atoms with E-state index in [1.807, 2.05) is 18.2 Å². The Morgan fingerprint density at radius 2 is 2.04 bits per heavy atom. The molecule has 0 atom stereocenters. The first-order chi connectivity index (χ1) is 13.8. The van der Waals surface area contributed by atoms with Crippen molar-refractivity contribution in [3.63, 3.8) is 0 Å². The van der Waals surface area contributed by atoms with Gasteiger partial charge in [-0.05, 0) is 49.4 Å². The molecule has 1 N–H and O–H groups in total. The lowest BCUT2D eigenvalue weighted by atomic mass is 10.2. The fourth-order valence-electron chi connectivity index (χ4n) is 4.54. The van der Waals surface area contributed by atoms with Gasteiger partial charge < -0.3 is 14.5 Å². The molecule has 28 heavy (non-hydrogen) atoms. The molecule has 0 radical (unpaired) electrons. The highest BCUT2D eigenvalue weighted by atomic mass is 32.1. The van der Waals surface area contributed by atoms with Crippen LogP contribution < -0.4 is 5.32 Å². The van der Waals surface area contributed by atoms with Gasteiger partial charge in [0, 0.05) is 12.6 Å². The van der Waals surface area contributed by atoms with Gasteiger partial charge in [-0.15, -0.1) is 11.3 Å². The van der Waals surface area contributed by atoms with Crippen LogP contribution in [0.2, 0.25) is 0 Å². The number of para-hydroxylation sites is 2. The average Bonchev–Trinajstić information content (AvgIpc) is 3.47. The minimum atomic E-state index is -0.00925. The molecule has 0 aliphatic heterocycles. The molecule has 6 heteroatoms. The van der Waals surface area contributed by atoms with E-state index in [-0.39, 0.29) is 5.91 Å². The van der Waals surface area contributed by atoms with Crippen molar-refractivity contribution in [2.75, 3.05) is 0 Å². The number of carbonyl (C=O) groups excluding carboxylic acids is 1. The Labute approximate surface area is 168 Å². The van der Waals surface area contributed by atoms with Gasteiger partial charge in [-0.2, -0.15) is 0 Å². The van der Waals surface area contributed by atoms with Crippen LogP contribution in [0.1, 0.15) is 55.0 Å². The van der Waals surface area contributed by atoms with Crippen molar-refractivity contribution < 1.29 is 4.79 Å². The van der Waals surface area contributed by atoms with Gasteiger partial charge in [-0.3, -0.25) is 4.79 Å². The van der Waals surface area contributed by atoms with E-state index in [2.05, 4.69) is 45.0 Å². The number of aromatic nitrogens is 3. The lowest BCUT2D eigenvalue weighted by Crippen LogP contribution is -2.27. The number of hydrogen-bond donors (Lipinski definition) is 1. The lowest BCUT2D eigenvalue weighted by molar-refractivity contribution is 0.0938. The molecular formula is C22H24N4OS. The summed E-state index contributed by atoms with van der Waals surface area (Å²) in [7, 11) is 0. The summed E-state index contributed by atoms with van der Waals surface area (Å²) in [6.45, 7) is 3.38. The standard InChI is InChI=1S/C22H24N4OS/c1-2-25-17-10-6-5-9-16(17)24-21(25)14-23-22(27)19-13-20-18(11-12-28-20)26(19)15-7-3-4-8-15/h5-6,9-13,15H,2-4,7-8,14H2,1H3,(H,23,27). The fourth-order valence-corrected chi connectivity index (χ4v) is 5.35. The Morgan fingerprint density at radius 3 is 2.86 bits per heavy atom. The van der Waals surface area contributed by atoms with Crippen LogP contribution in [0.15, 0.2) is 41.8 Å². The smallest absolute Gasteiger partial charge is 0.268 e. The number of thiophene rings is 1. The second-order valence-corrected chi connectivity index (χ2v) is 8.40. The van der Waals surface area contributed by atoms with Crippen molar-refractivity contribution in [2.24, 2.45) is 0 Å². The average molecular weight is 393 g/mol. The van der Waals surface area contributed by atoms with Crippen LogP contribution in [0.3, 0.4) is 0 Å². The second kappa shape index (κ2) is 7.09. The zero-order valence-electron chi connectivity index (χ0n) is 16.0. The molecule has 0 unspecified atom stereocenters. The topological polar surface area (TPSA) is 51.9 Å². The summed E-state index contributed by atoms with van der Waals surface area (Å²) in [6, 6.07) is 12.8. The van der Waals surface area contributed by atoms with E-state index >= 15 is 0 Å². The normalized spacial score (nSPS) is 15.0. The molecule has 4 aromatic rings. The minimum absolute atomic E-state index is 0.00925. The number of nitrogens with one attached hydrogen (secondary N) is 1. The van der Waals surface area contributed by atoms with Crippen molar-refractivity contribution in [1.29, 1.82) is 0 Å². The molecule has 1 aliphatic carbocycles. The predicted octanol–water partition coefficient (Wildman–Crippen LogP) is 5.12. The predicted molar refractivity (Wildman–Crippen MR) is 114 cm³/mol. The largest absolute Gasteiger partial charge is 0.344 e. The second-order valence-electron chi connectivity index (χ2n) is 7.45. The molecular weight excluding hydrogens is 368 g/mol. The van der Waals surface area contributed by atoms with Crippen molar-refractivity contribution in [3.05, 3.63) is 53.3 Å². The Balaban J connectivity index is 1.44. The van der Waals surface area contributed by atoms with Crippen molar-refractivity contribution in [2.45, 2.75) is 51.7 Å². The number of benzene rings is 1. The molecule has 0 bridgehead atoms. The molecule has 5 rings (SSSR count). The third-order valence-electron chi connectivity index (χ3n) is 5.84. The summed E-state index contributed by atoms with van der Waals surface area (Å²) in [5, 5.41) is 5.24. The zero-order chi connectivity index (χ0) is 19.1. The number of carbonyl (C=O) groups is 1. The van der Waals surface area contributed by atoms with Gasteiger partial charge >= 0.3 is 0 Å². The maximum atomic E-state index is 13.1. The Bertz CT molecular complexity index is 1150. The van der Waals surface area contributed by atoms with Gasteiger partial charge in [0.15, 0.2) is 0 Å². The van der Waals surface area contributed by atoms with Crippen molar-refractivity contribution >= 4 is 38.5 Å². The third kappa shape index (κ3) is 2.83. The van der Waals surface area contributed by atoms with Crippen LogP contribution in [0.5, 0.6) is 0 Å². The minimum Gasteiger partial charge on any atom is -0.344 e. The molecule has 3 aromatic heterocycles. The first-order valence-corrected chi connectivity index (χ1v) is 10.9. The van der Waals surface area contributed by atoms with Crippen LogP contribution in [0.25, 0.3) is 21.3 Å². The van der Waals surface area contributed by atoms with Gasteiger partial charge in [0.1, 0.15) is 11.5 Å². The number of imidazole rings is 1. The molecule has 1 amide bonds. The summed E-state index contributed by atoms with van der Waals surface area (Å²) < 4.78 is 5.64. The van der Waals surface area contributed by atoms with Crippen molar-refractivity contribution in [3.8, 4) is 0 Å². The van der Waals surface area contributed by atoms with E-state index in [1.165, 1.54) is 23.1 Å². The Morgan fingerprint density at radius 1 is 1.21 bits per heavy atom. The molecule has 1 fully saturated rings. The maximum absolute atomic E-state index is 13.1. The van der Waals surface area contributed by atoms with E-state index in [0.717, 1.165) is 41.9 Å². The number of nitrogens with zero attached hydrogens (tertiary/aromatic N) is 3. The summed E-state index contributed by atoms with van der Waals surface area (Å²) in [5.41, 5.74) is 4.07. The highest BCUT2D eigenvalue weighted by molar-refractivity contribution is 7.17. The highest BCUT2D eigenvalue weighted by Crippen LogP contribution is 2.36. The molecule has 144 valence electrons. The molecule has 5 nitrogen and oxygen atoms in total. The molecule has 1 saturated carbocycles. The summed E-state index contributed by atoms with van der Waals surface area (Å²) >= 11 is 1.70. The maximum Gasteiger partial charge on any atom is 0.268 e. The van der Waals surface area contributed by atoms with Crippen LogP contribution in [-0.2, 0) is 13.1 Å². The van der Waals surface area contributed by atoms with E-state index in [0.29, 0.717) is 12.6 Å². The molecule has 0 saturated heterocycles. The number of hydrogen-bond acceptors (Lipinski definition) is 3. The number of amides is 1. The quantitative estimate of drug-likeness (QED) is 0.513. The first kappa shape index (κ1) is 17.5. The zero-order valence-corrected chi connectivity index (χ0v) is 16.8. The van der Waals surface area contributed by atoms with Crippen LogP contribution in [0, 0.1) is 0 Å². The van der Waals surface area contributed by atoms with E-state index < -0.39 is 0 Å². The highest BCUT2D eigenvalue weighted by Gasteiger charge is 2.25. The number of fused-ring (bicyclic) bond motifs is 2. The molecule has 3 heterocycles. The van der Waals surface area contributed by atoms with Crippen LogP contribution in [0.4, 0.5) is 0 Å². The summed E-state index contributed by atoms with van der Waals surface area (Å²) in [5.74, 6) is 0.892. The lowest BCUT2D eigenvalue weighted by Gasteiger charge is -2.17. The third-order valence-corrected chi connectivity index (χ3v) is 6.69. The van der Waals surface area contributed by atoms with E-state index in [4.69, 9.17) is 4.98 Å². The van der Waals surface area contributed by atoms with Crippen molar-refractivity contribution in [1.82, 2.24) is 19.4 Å². The number of aryl methyl sites for hydroxylation is 1. The molecule has 1 aliphatic rings. The monoisotopic (exact) mass is 392 g/mol. The number of rotatable bonds is 5.